The van der Waals surface area contributed by atoms with Gasteiger partial charge in [-0.15, -0.1) is 0 Å². The highest BCUT2D eigenvalue weighted by Crippen LogP contribution is 2.41. The Morgan fingerprint density at radius 3 is 2.03 bits per heavy atom. The molecule has 0 aliphatic heterocycles. The maximum Gasteiger partial charge on any atom is 0.314 e. The van der Waals surface area contributed by atoms with Crippen molar-refractivity contribution in [3.05, 3.63) is 29.3 Å². The van der Waals surface area contributed by atoms with E-state index in [-0.39, 0.29) is 11.7 Å². The fourth-order valence-corrected chi connectivity index (χ4v) is 6.92. The van der Waals surface area contributed by atoms with Crippen molar-refractivity contribution in [3.8, 4) is 11.8 Å². The molecule has 0 atom stereocenters. The van der Waals surface area contributed by atoms with Crippen LogP contribution >= 0.6 is 0 Å². The molecule has 0 bridgehead atoms. The van der Waals surface area contributed by atoms with E-state index < -0.39 is 23.2 Å². The molecule has 37 heavy (non-hydrogen) atoms. The summed E-state index contributed by atoms with van der Waals surface area (Å²) in [5.41, 5.74) is -0.662. The lowest BCUT2D eigenvalue weighted by Crippen LogP contribution is -2.32. The number of carbonyl (C=O) groups is 1. The number of halogens is 2. The zero-order valence-corrected chi connectivity index (χ0v) is 22.4. The largest absolute Gasteiger partial charge is 0.426 e. The molecule has 0 saturated heterocycles. The predicted octanol–water partition coefficient (Wildman–Crippen LogP) is 8.12. The van der Waals surface area contributed by atoms with Crippen LogP contribution in [0.15, 0.2) is 12.1 Å². The lowest BCUT2D eigenvalue weighted by molar-refractivity contribution is -0.140. The summed E-state index contributed by atoms with van der Waals surface area (Å²) in [6.07, 6.45) is 18.2. The fourth-order valence-electron chi connectivity index (χ4n) is 6.92. The van der Waals surface area contributed by atoms with Crippen molar-refractivity contribution in [3.63, 3.8) is 0 Å². The van der Waals surface area contributed by atoms with Crippen molar-refractivity contribution in [1.29, 1.82) is 5.26 Å². The van der Waals surface area contributed by atoms with E-state index in [0.717, 1.165) is 69.1 Å². The quantitative estimate of drug-likeness (QED) is 0.246. The molecule has 1 aromatic rings. The molecule has 4 nitrogen and oxygen atoms in total. The SMILES string of the molecule is CCCC[C@H]1CC[C@H](CO[C@H]2CC[C@H]([C@H]3CC[C@H](C(=O)Oc4cc(F)c(C#N)c(F)c4)CC3)CC2)CC1. The number of esters is 1. The van der Waals surface area contributed by atoms with E-state index in [4.69, 9.17) is 14.7 Å². The first-order valence-electron chi connectivity index (χ1n) is 14.7. The molecule has 0 N–H and O–H groups in total. The van der Waals surface area contributed by atoms with Gasteiger partial charge in [0.15, 0.2) is 0 Å². The molecule has 4 rings (SSSR count). The van der Waals surface area contributed by atoms with Crippen molar-refractivity contribution in [1.82, 2.24) is 0 Å². The van der Waals surface area contributed by atoms with Crippen LogP contribution in [-0.2, 0) is 9.53 Å². The average molecular weight is 516 g/mol. The first-order valence-corrected chi connectivity index (χ1v) is 14.7. The number of hydrogen-bond donors (Lipinski definition) is 0. The highest BCUT2D eigenvalue weighted by molar-refractivity contribution is 5.75. The molecule has 0 heterocycles. The maximum absolute atomic E-state index is 13.8. The molecule has 1 aromatic carbocycles. The van der Waals surface area contributed by atoms with Gasteiger partial charge in [-0.2, -0.15) is 5.26 Å². The molecule has 3 aliphatic rings. The molecule has 0 aromatic heterocycles. The van der Waals surface area contributed by atoms with Gasteiger partial charge in [0, 0.05) is 18.7 Å². The second-order valence-corrected chi connectivity index (χ2v) is 11.8. The number of nitrogens with zero attached hydrogens (tertiary/aromatic N) is 1. The molecule has 0 unspecified atom stereocenters. The summed E-state index contributed by atoms with van der Waals surface area (Å²) in [5.74, 6) is 0.165. The molecule has 0 radical (unpaired) electrons. The second kappa shape index (κ2) is 13.7. The van der Waals surface area contributed by atoms with Gasteiger partial charge in [0.25, 0.3) is 0 Å². The molecular weight excluding hydrogens is 472 g/mol. The van der Waals surface area contributed by atoms with Crippen LogP contribution in [-0.4, -0.2) is 18.7 Å². The number of nitriles is 1. The number of carbonyl (C=O) groups excluding carboxylic acids is 1. The average Bonchev–Trinajstić information content (AvgIpc) is 2.91. The Hall–Kier alpha value is -2.00. The minimum absolute atomic E-state index is 0.177. The summed E-state index contributed by atoms with van der Waals surface area (Å²) in [7, 11) is 0. The van der Waals surface area contributed by atoms with E-state index in [1.807, 2.05) is 0 Å². The minimum Gasteiger partial charge on any atom is -0.426 e. The van der Waals surface area contributed by atoms with Gasteiger partial charge in [0.05, 0.1) is 12.0 Å². The Balaban J connectivity index is 1.13. The van der Waals surface area contributed by atoms with E-state index in [1.54, 1.807) is 0 Å². The van der Waals surface area contributed by atoms with E-state index in [9.17, 15) is 13.6 Å². The Morgan fingerprint density at radius 1 is 0.892 bits per heavy atom. The highest BCUT2D eigenvalue weighted by Gasteiger charge is 2.34. The molecule has 0 amide bonds. The maximum atomic E-state index is 13.8. The summed E-state index contributed by atoms with van der Waals surface area (Å²) in [6, 6.07) is 3.29. The molecule has 3 fully saturated rings. The number of rotatable bonds is 9. The summed E-state index contributed by atoms with van der Waals surface area (Å²) in [5, 5.41) is 8.79. The number of hydrogen-bond acceptors (Lipinski definition) is 4. The summed E-state index contributed by atoms with van der Waals surface area (Å²) >= 11 is 0. The van der Waals surface area contributed by atoms with Crippen molar-refractivity contribution in [2.24, 2.45) is 29.6 Å². The zero-order chi connectivity index (χ0) is 26.2. The van der Waals surface area contributed by atoms with Crippen molar-refractivity contribution >= 4 is 5.97 Å². The van der Waals surface area contributed by atoms with Crippen LogP contribution in [0, 0.1) is 52.6 Å². The van der Waals surface area contributed by atoms with E-state index in [0.29, 0.717) is 17.9 Å². The van der Waals surface area contributed by atoms with Gasteiger partial charge < -0.3 is 9.47 Å². The lowest BCUT2D eigenvalue weighted by atomic mass is 9.70. The van der Waals surface area contributed by atoms with Gasteiger partial charge in [0.1, 0.15) is 29.0 Å². The van der Waals surface area contributed by atoms with E-state index >= 15 is 0 Å². The number of unbranched alkanes of at least 4 members (excludes halogenated alkanes) is 1. The second-order valence-electron chi connectivity index (χ2n) is 11.8. The minimum atomic E-state index is -1.01. The van der Waals surface area contributed by atoms with E-state index in [2.05, 4.69) is 6.92 Å². The Kier molecular flexibility index (Phi) is 10.4. The normalized spacial score (nSPS) is 30.4. The van der Waals surface area contributed by atoms with Crippen LogP contribution in [0.5, 0.6) is 5.75 Å². The lowest BCUT2D eigenvalue weighted by Gasteiger charge is -2.37. The van der Waals surface area contributed by atoms with Crippen LogP contribution in [0.1, 0.15) is 109 Å². The standard InChI is InChI=1S/C31H43F2NO3/c1-2-3-4-21-5-7-22(8-6-21)20-36-26-15-13-24(14-16-26)23-9-11-25(12-10-23)31(35)37-27-17-29(32)28(19-34)30(33)18-27/h17-18,21-26H,2-16,20H2,1H3/t21-,22-,23-,24-,25-,26-. The molecule has 204 valence electrons. The van der Waals surface area contributed by atoms with E-state index in [1.165, 1.54) is 63.9 Å². The van der Waals surface area contributed by atoms with Crippen molar-refractivity contribution in [2.45, 2.75) is 109 Å². The molecular formula is C31H43F2NO3. The van der Waals surface area contributed by atoms with Crippen LogP contribution in [0.2, 0.25) is 0 Å². The van der Waals surface area contributed by atoms with Crippen LogP contribution in [0.25, 0.3) is 0 Å². The van der Waals surface area contributed by atoms with Crippen LogP contribution < -0.4 is 4.74 Å². The monoisotopic (exact) mass is 515 g/mol. The Bertz CT molecular complexity index is 898. The number of ether oxygens (including phenoxy) is 2. The molecule has 3 aliphatic carbocycles. The van der Waals surface area contributed by atoms with Gasteiger partial charge in [-0.1, -0.05) is 39.0 Å². The van der Waals surface area contributed by atoms with Crippen molar-refractivity contribution < 1.29 is 23.0 Å². The summed E-state index contributed by atoms with van der Waals surface area (Å²) in [4.78, 5) is 12.6. The Labute approximate surface area is 221 Å². The van der Waals surface area contributed by atoms with Gasteiger partial charge in [-0.25, -0.2) is 8.78 Å². The van der Waals surface area contributed by atoms with Crippen molar-refractivity contribution in [2.75, 3.05) is 6.61 Å². The van der Waals surface area contributed by atoms with Crippen LogP contribution in [0.3, 0.4) is 0 Å². The molecule has 6 heteroatoms. The third-order valence-electron chi connectivity index (χ3n) is 9.34. The van der Waals surface area contributed by atoms with Gasteiger partial charge >= 0.3 is 5.97 Å². The first kappa shape index (κ1) is 28.0. The third kappa shape index (κ3) is 7.76. The topological polar surface area (TPSA) is 59.3 Å². The fraction of sp³-hybridized carbons (Fsp3) is 0.742. The summed E-state index contributed by atoms with van der Waals surface area (Å²) in [6.45, 7) is 3.22. The summed E-state index contributed by atoms with van der Waals surface area (Å²) < 4.78 is 39.3. The zero-order valence-electron chi connectivity index (χ0n) is 22.4. The van der Waals surface area contributed by atoms with Gasteiger partial charge in [-0.3, -0.25) is 4.79 Å². The smallest absolute Gasteiger partial charge is 0.314 e. The Morgan fingerprint density at radius 2 is 1.46 bits per heavy atom. The van der Waals surface area contributed by atoms with Gasteiger partial charge in [-0.05, 0) is 87.9 Å². The molecule has 0 spiro atoms. The first-order chi connectivity index (χ1) is 18.0. The highest BCUT2D eigenvalue weighted by atomic mass is 19.1. The number of benzene rings is 1. The van der Waals surface area contributed by atoms with Crippen LogP contribution in [0.4, 0.5) is 8.78 Å². The predicted molar refractivity (Wildman–Crippen MR) is 139 cm³/mol. The third-order valence-corrected chi connectivity index (χ3v) is 9.34. The van der Waals surface area contributed by atoms with Gasteiger partial charge in [0.2, 0.25) is 0 Å². The molecule has 3 saturated carbocycles.